The van der Waals surface area contributed by atoms with E-state index >= 15 is 0 Å². The van der Waals surface area contributed by atoms with E-state index in [9.17, 15) is 13.5 Å². The Labute approximate surface area is 139 Å². The quantitative estimate of drug-likeness (QED) is 0.798. The predicted molar refractivity (Wildman–Crippen MR) is 90.7 cm³/mol. The molecule has 2 N–H and O–H groups in total. The Morgan fingerprint density at radius 1 is 1.32 bits per heavy atom. The lowest BCUT2D eigenvalue weighted by Crippen LogP contribution is -2.42. The molecule has 1 heterocycles. The molecular formula is C15H18ClNO3S2. The van der Waals surface area contributed by atoms with Gasteiger partial charge in [-0.15, -0.1) is 0 Å². The van der Waals surface area contributed by atoms with Gasteiger partial charge in [-0.2, -0.15) is 11.3 Å². The van der Waals surface area contributed by atoms with Crippen molar-refractivity contribution in [2.45, 2.75) is 24.7 Å². The third kappa shape index (κ3) is 5.37. The maximum Gasteiger partial charge on any atom is 0.215 e. The molecule has 0 aliphatic carbocycles. The molecule has 7 heteroatoms. The van der Waals surface area contributed by atoms with Gasteiger partial charge in [0.25, 0.3) is 0 Å². The Balaban J connectivity index is 1.96. The minimum absolute atomic E-state index is 0.0460. The molecule has 0 bridgehead atoms. The summed E-state index contributed by atoms with van der Waals surface area (Å²) in [7, 11) is -3.56. The lowest BCUT2D eigenvalue weighted by atomic mass is 9.99. The van der Waals surface area contributed by atoms with Crippen LogP contribution in [0.25, 0.3) is 0 Å². The molecule has 0 spiro atoms. The van der Waals surface area contributed by atoms with Crippen LogP contribution >= 0.6 is 22.9 Å². The van der Waals surface area contributed by atoms with Crippen LogP contribution < -0.4 is 4.72 Å². The van der Waals surface area contributed by atoms with Crippen molar-refractivity contribution >= 4 is 33.0 Å². The maximum atomic E-state index is 12.1. The topological polar surface area (TPSA) is 66.4 Å². The third-order valence-corrected chi connectivity index (χ3v) is 5.52. The molecule has 22 heavy (non-hydrogen) atoms. The summed E-state index contributed by atoms with van der Waals surface area (Å²) in [6.45, 7) is 1.57. The van der Waals surface area contributed by atoms with Crippen LogP contribution in [0.1, 0.15) is 18.1 Å². The monoisotopic (exact) mass is 359 g/mol. The van der Waals surface area contributed by atoms with Crippen LogP contribution in [0, 0.1) is 0 Å². The minimum Gasteiger partial charge on any atom is -0.388 e. The van der Waals surface area contributed by atoms with Gasteiger partial charge in [-0.3, -0.25) is 0 Å². The number of sulfonamides is 1. The second-order valence-corrected chi connectivity index (χ2v) is 8.47. The van der Waals surface area contributed by atoms with Gasteiger partial charge < -0.3 is 5.11 Å². The zero-order valence-corrected chi connectivity index (χ0v) is 14.5. The van der Waals surface area contributed by atoms with Crippen molar-refractivity contribution in [3.63, 3.8) is 0 Å². The molecule has 0 aliphatic heterocycles. The average Bonchev–Trinajstić information content (AvgIpc) is 2.92. The van der Waals surface area contributed by atoms with Crippen molar-refractivity contribution in [1.29, 1.82) is 0 Å². The van der Waals surface area contributed by atoms with Gasteiger partial charge in [-0.05, 0) is 40.9 Å². The van der Waals surface area contributed by atoms with E-state index in [1.165, 1.54) is 0 Å². The molecule has 2 aromatic rings. The Bertz CT molecular complexity index is 712. The van der Waals surface area contributed by atoms with E-state index in [4.69, 9.17) is 11.6 Å². The summed E-state index contributed by atoms with van der Waals surface area (Å²) in [6, 6.07) is 8.72. The van der Waals surface area contributed by atoms with Crippen LogP contribution in [0.4, 0.5) is 0 Å². The van der Waals surface area contributed by atoms with E-state index in [-0.39, 0.29) is 12.3 Å². The molecule has 0 fully saturated rings. The predicted octanol–water partition coefficient (Wildman–Crippen LogP) is 2.81. The van der Waals surface area contributed by atoms with Gasteiger partial charge in [0.15, 0.2) is 0 Å². The highest BCUT2D eigenvalue weighted by Crippen LogP contribution is 2.18. The molecule has 0 radical (unpaired) electrons. The van der Waals surface area contributed by atoms with Gasteiger partial charge in [-0.1, -0.05) is 29.8 Å². The van der Waals surface area contributed by atoms with E-state index in [1.807, 2.05) is 16.8 Å². The molecule has 120 valence electrons. The summed E-state index contributed by atoms with van der Waals surface area (Å²) in [5.74, 6) is -0.207. The van der Waals surface area contributed by atoms with Crippen LogP contribution in [-0.4, -0.2) is 25.7 Å². The molecule has 1 unspecified atom stereocenters. The minimum atomic E-state index is -3.56. The highest BCUT2D eigenvalue weighted by molar-refractivity contribution is 7.88. The van der Waals surface area contributed by atoms with Gasteiger partial charge in [0, 0.05) is 18.0 Å². The van der Waals surface area contributed by atoms with Gasteiger partial charge in [0.2, 0.25) is 10.0 Å². The Hall–Kier alpha value is -0.920. The number of hydrogen-bond donors (Lipinski definition) is 2. The van der Waals surface area contributed by atoms with E-state index < -0.39 is 15.6 Å². The second kappa shape index (κ2) is 7.10. The van der Waals surface area contributed by atoms with Gasteiger partial charge >= 0.3 is 0 Å². The standard InChI is InChI=1S/C15H18ClNO3S2/c1-15(18,8-12-6-7-21-9-12)11-17-22(19,20)10-13-4-2-3-5-14(13)16/h2-7,9,17-18H,8,10-11H2,1H3. The zero-order chi connectivity index (χ0) is 16.2. The van der Waals surface area contributed by atoms with Crippen LogP contribution in [0.15, 0.2) is 41.1 Å². The van der Waals surface area contributed by atoms with Crippen LogP contribution in [0.2, 0.25) is 5.02 Å². The Kier molecular flexibility index (Phi) is 5.63. The Morgan fingerprint density at radius 2 is 2.05 bits per heavy atom. The van der Waals surface area contributed by atoms with Crippen molar-refractivity contribution in [3.8, 4) is 0 Å². The lowest BCUT2D eigenvalue weighted by Gasteiger charge is -2.23. The van der Waals surface area contributed by atoms with Crippen molar-refractivity contribution < 1.29 is 13.5 Å². The van der Waals surface area contributed by atoms with E-state index in [0.29, 0.717) is 17.0 Å². The summed E-state index contributed by atoms with van der Waals surface area (Å²) in [4.78, 5) is 0. The number of rotatable bonds is 7. The molecule has 1 atom stereocenters. The fourth-order valence-corrected chi connectivity index (χ4v) is 4.28. The summed E-state index contributed by atoms with van der Waals surface area (Å²) in [5.41, 5.74) is 0.378. The smallest absolute Gasteiger partial charge is 0.215 e. The molecule has 0 saturated carbocycles. The molecule has 0 aliphatic rings. The number of nitrogens with one attached hydrogen (secondary N) is 1. The van der Waals surface area contributed by atoms with Gasteiger partial charge in [-0.25, -0.2) is 13.1 Å². The molecular weight excluding hydrogens is 342 g/mol. The average molecular weight is 360 g/mol. The first-order chi connectivity index (χ1) is 10.3. The van der Waals surface area contributed by atoms with Gasteiger partial charge in [0.1, 0.15) is 0 Å². The second-order valence-electron chi connectivity index (χ2n) is 5.48. The number of hydrogen-bond acceptors (Lipinski definition) is 4. The van der Waals surface area contributed by atoms with Crippen LogP contribution in [-0.2, 0) is 22.2 Å². The van der Waals surface area contributed by atoms with Crippen molar-refractivity contribution in [3.05, 3.63) is 57.2 Å². The summed E-state index contributed by atoms with van der Waals surface area (Å²) < 4.78 is 26.7. The van der Waals surface area contributed by atoms with E-state index in [2.05, 4.69) is 4.72 Å². The lowest BCUT2D eigenvalue weighted by molar-refractivity contribution is 0.0658. The summed E-state index contributed by atoms with van der Waals surface area (Å²) in [5, 5.41) is 14.6. The largest absolute Gasteiger partial charge is 0.388 e. The maximum absolute atomic E-state index is 12.1. The molecule has 4 nitrogen and oxygen atoms in total. The fraction of sp³-hybridized carbons (Fsp3) is 0.333. The zero-order valence-electron chi connectivity index (χ0n) is 12.1. The molecule has 1 aromatic carbocycles. The highest BCUT2D eigenvalue weighted by Gasteiger charge is 2.24. The number of benzene rings is 1. The number of thiophene rings is 1. The highest BCUT2D eigenvalue weighted by atomic mass is 35.5. The first kappa shape index (κ1) is 17.4. The van der Waals surface area contributed by atoms with Gasteiger partial charge in [0.05, 0.1) is 11.4 Å². The van der Waals surface area contributed by atoms with Crippen LogP contribution in [0.3, 0.4) is 0 Å². The van der Waals surface area contributed by atoms with E-state index in [0.717, 1.165) is 5.56 Å². The molecule has 0 amide bonds. The van der Waals surface area contributed by atoms with Crippen molar-refractivity contribution in [2.75, 3.05) is 6.54 Å². The first-order valence-corrected chi connectivity index (χ1v) is 9.69. The van der Waals surface area contributed by atoms with Crippen molar-refractivity contribution in [1.82, 2.24) is 4.72 Å². The normalized spacial score (nSPS) is 14.7. The first-order valence-electron chi connectivity index (χ1n) is 6.72. The fourth-order valence-electron chi connectivity index (χ4n) is 2.03. The number of halogens is 1. The summed E-state index contributed by atoms with van der Waals surface area (Å²) >= 11 is 7.52. The summed E-state index contributed by atoms with van der Waals surface area (Å²) in [6.07, 6.45) is 0.394. The third-order valence-electron chi connectivity index (χ3n) is 3.14. The molecule has 1 aromatic heterocycles. The molecule has 0 saturated heterocycles. The van der Waals surface area contributed by atoms with Crippen molar-refractivity contribution in [2.24, 2.45) is 0 Å². The SMILES string of the molecule is CC(O)(CNS(=O)(=O)Cc1ccccc1Cl)Cc1ccsc1. The van der Waals surface area contributed by atoms with Crippen LogP contribution in [0.5, 0.6) is 0 Å². The van der Waals surface area contributed by atoms with E-state index in [1.54, 1.807) is 42.5 Å². The Morgan fingerprint density at radius 3 is 2.68 bits per heavy atom. The molecule has 2 rings (SSSR count). The number of aliphatic hydroxyl groups is 1.